The highest BCUT2D eigenvalue weighted by Gasteiger charge is 2.23. The van der Waals surface area contributed by atoms with Crippen molar-refractivity contribution in [1.82, 2.24) is 4.57 Å². The molecule has 2 heterocycles. The number of thiophene rings is 1. The van der Waals surface area contributed by atoms with Gasteiger partial charge in [0.2, 0.25) is 0 Å². The van der Waals surface area contributed by atoms with Crippen LogP contribution in [0.3, 0.4) is 0 Å². The highest BCUT2D eigenvalue weighted by molar-refractivity contribution is 7.26. The molecule has 14 aromatic rings. The van der Waals surface area contributed by atoms with Crippen LogP contribution in [0.5, 0.6) is 0 Å². The molecule has 2 heteroatoms. The maximum Gasteiger partial charge on any atom is 0.0541 e. The van der Waals surface area contributed by atoms with E-state index < -0.39 is 0 Å². The molecular formula is C64H39NS. The Morgan fingerprint density at radius 1 is 0.273 bits per heavy atom. The predicted octanol–water partition coefficient (Wildman–Crippen LogP) is 18.4. The molecule has 306 valence electrons. The summed E-state index contributed by atoms with van der Waals surface area (Å²) in [4.78, 5) is 0. The highest BCUT2D eigenvalue weighted by Crippen LogP contribution is 2.52. The largest absolute Gasteiger partial charge is 0.309 e. The monoisotopic (exact) mass is 853 g/mol. The summed E-state index contributed by atoms with van der Waals surface area (Å²) in [5.41, 5.74) is 13.7. The second kappa shape index (κ2) is 14.6. The lowest BCUT2D eigenvalue weighted by Crippen LogP contribution is -1.93. The van der Waals surface area contributed by atoms with E-state index in [9.17, 15) is 0 Å². The van der Waals surface area contributed by atoms with Crippen molar-refractivity contribution >= 4 is 96.4 Å². The van der Waals surface area contributed by atoms with Gasteiger partial charge in [-0.2, -0.15) is 0 Å². The van der Waals surface area contributed by atoms with Gasteiger partial charge in [0.15, 0.2) is 0 Å². The van der Waals surface area contributed by atoms with Crippen molar-refractivity contribution in [1.29, 1.82) is 0 Å². The van der Waals surface area contributed by atoms with Crippen molar-refractivity contribution in [3.63, 3.8) is 0 Å². The van der Waals surface area contributed by atoms with Crippen molar-refractivity contribution < 1.29 is 0 Å². The van der Waals surface area contributed by atoms with Crippen molar-refractivity contribution in [3.05, 3.63) is 237 Å². The fourth-order valence-electron chi connectivity index (χ4n) is 11.3. The van der Waals surface area contributed by atoms with E-state index in [4.69, 9.17) is 0 Å². The molecule has 0 aliphatic heterocycles. The third kappa shape index (κ3) is 5.40. The van der Waals surface area contributed by atoms with E-state index in [0.29, 0.717) is 0 Å². The van der Waals surface area contributed by atoms with Gasteiger partial charge in [-0.05, 0) is 118 Å². The minimum atomic E-state index is 1.17. The number of aromatic nitrogens is 1. The first kappa shape index (κ1) is 37.1. The average Bonchev–Trinajstić information content (AvgIpc) is 3.94. The summed E-state index contributed by atoms with van der Waals surface area (Å²) in [6.45, 7) is 0. The average molecular weight is 854 g/mol. The second-order valence-corrected chi connectivity index (χ2v) is 18.5. The van der Waals surface area contributed by atoms with Crippen LogP contribution in [-0.4, -0.2) is 4.57 Å². The van der Waals surface area contributed by atoms with Gasteiger partial charge in [-0.25, -0.2) is 0 Å². The van der Waals surface area contributed by atoms with Crippen LogP contribution in [0.2, 0.25) is 0 Å². The fourth-order valence-corrected chi connectivity index (χ4v) is 12.5. The molecule has 0 spiro atoms. The Morgan fingerprint density at radius 3 is 1.32 bits per heavy atom. The minimum Gasteiger partial charge on any atom is -0.309 e. The van der Waals surface area contributed by atoms with Crippen LogP contribution in [-0.2, 0) is 0 Å². The second-order valence-electron chi connectivity index (χ2n) is 17.4. The van der Waals surface area contributed by atoms with Crippen molar-refractivity contribution in [2.75, 3.05) is 0 Å². The van der Waals surface area contributed by atoms with Crippen LogP contribution in [0.4, 0.5) is 0 Å². The molecule has 0 radical (unpaired) electrons. The molecule has 0 aliphatic carbocycles. The van der Waals surface area contributed by atoms with E-state index in [1.54, 1.807) is 0 Å². The lowest BCUT2D eigenvalue weighted by Gasteiger charge is -2.19. The zero-order valence-corrected chi connectivity index (χ0v) is 36.7. The molecule has 66 heavy (non-hydrogen) atoms. The Labute approximate surface area is 385 Å². The molecule has 0 bridgehead atoms. The summed E-state index contributed by atoms with van der Waals surface area (Å²) >= 11 is 1.92. The molecule has 0 aliphatic rings. The molecule has 0 fully saturated rings. The first-order chi connectivity index (χ1) is 32.8. The number of hydrogen-bond donors (Lipinski definition) is 0. The Morgan fingerprint density at radius 2 is 0.712 bits per heavy atom. The van der Waals surface area contributed by atoms with Crippen LogP contribution in [0.1, 0.15) is 0 Å². The zero-order valence-electron chi connectivity index (χ0n) is 35.9. The molecule has 0 atom stereocenters. The van der Waals surface area contributed by atoms with Gasteiger partial charge in [0.25, 0.3) is 0 Å². The van der Waals surface area contributed by atoms with Crippen LogP contribution in [0.25, 0.3) is 135 Å². The van der Waals surface area contributed by atoms with E-state index in [0.717, 1.165) is 0 Å². The molecule has 1 nitrogen and oxygen atoms in total. The van der Waals surface area contributed by atoms with Crippen LogP contribution >= 0.6 is 11.3 Å². The number of benzene rings is 12. The summed E-state index contributed by atoms with van der Waals surface area (Å²) in [7, 11) is 0. The molecule has 2 aromatic heterocycles. The van der Waals surface area contributed by atoms with E-state index in [1.807, 2.05) is 11.3 Å². The first-order valence-corrected chi connectivity index (χ1v) is 23.6. The third-order valence-corrected chi connectivity index (χ3v) is 15.2. The lowest BCUT2D eigenvalue weighted by atomic mass is 9.84. The molecule has 0 saturated heterocycles. The van der Waals surface area contributed by atoms with Gasteiger partial charge in [0.05, 0.1) is 11.0 Å². The maximum absolute atomic E-state index is 2.43. The standard InChI is InChI=1S/C64H39NS/c1-3-19-40(20-4-1)59-44-24-7-11-28-48(44)61(49-29-12-8-25-45(49)59)52-32-18-36-58-63(52)54-34-17-33-53(64(54)66-58)62-50-30-13-9-26-46(50)60(47-27-10-14-31-51(47)62)41-37-38-57-55(39-41)43-23-15-16-35-56(43)65(57)42-21-5-2-6-22-42/h1-39H. The van der Waals surface area contributed by atoms with E-state index in [1.165, 1.54) is 135 Å². The number of fused-ring (bicyclic) bond motifs is 10. The fraction of sp³-hybridized carbons (Fsp3) is 0. The van der Waals surface area contributed by atoms with Crippen molar-refractivity contribution in [2.24, 2.45) is 0 Å². The maximum atomic E-state index is 2.43. The van der Waals surface area contributed by atoms with Gasteiger partial charge in [-0.1, -0.05) is 200 Å². The molecule has 12 aromatic carbocycles. The van der Waals surface area contributed by atoms with Crippen LogP contribution < -0.4 is 0 Å². The number of para-hydroxylation sites is 2. The zero-order chi connectivity index (χ0) is 43.3. The van der Waals surface area contributed by atoms with Crippen LogP contribution in [0.15, 0.2) is 237 Å². The van der Waals surface area contributed by atoms with Gasteiger partial charge >= 0.3 is 0 Å². The van der Waals surface area contributed by atoms with Gasteiger partial charge < -0.3 is 4.57 Å². The smallest absolute Gasteiger partial charge is 0.0541 e. The van der Waals surface area contributed by atoms with Crippen molar-refractivity contribution in [2.45, 2.75) is 0 Å². The van der Waals surface area contributed by atoms with Gasteiger partial charge in [0, 0.05) is 42.2 Å². The Kier molecular flexibility index (Phi) is 8.22. The first-order valence-electron chi connectivity index (χ1n) is 22.8. The third-order valence-electron chi connectivity index (χ3n) is 14.0. The summed E-state index contributed by atoms with van der Waals surface area (Å²) in [6.07, 6.45) is 0. The number of nitrogens with zero attached hydrogens (tertiary/aromatic N) is 1. The normalized spacial score (nSPS) is 11.9. The molecule has 14 rings (SSSR count). The van der Waals surface area contributed by atoms with E-state index in [2.05, 4.69) is 241 Å². The summed E-state index contributed by atoms with van der Waals surface area (Å²) < 4.78 is 5.01. The number of rotatable bonds is 5. The SMILES string of the molecule is c1ccc(-c2c3ccccc3c(-c3cccc4sc5c(-c6c7ccccc7c(-c7ccc8c(c7)c7ccccc7n8-c7ccccc7)c7ccccc67)cccc5c34)c3ccccc23)cc1. The summed E-state index contributed by atoms with van der Waals surface area (Å²) in [5, 5.41) is 15.2. The summed E-state index contributed by atoms with van der Waals surface area (Å²) in [6, 6.07) is 87.6. The summed E-state index contributed by atoms with van der Waals surface area (Å²) in [5.74, 6) is 0. The van der Waals surface area contributed by atoms with Gasteiger partial charge in [-0.15, -0.1) is 11.3 Å². The van der Waals surface area contributed by atoms with E-state index >= 15 is 0 Å². The predicted molar refractivity (Wildman–Crippen MR) is 285 cm³/mol. The van der Waals surface area contributed by atoms with Gasteiger partial charge in [-0.3, -0.25) is 0 Å². The van der Waals surface area contributed by atoms with Crippen LogP contribution in [0, 0.1) is 0 Å². The number of hydrogen-bond acceptors (Lipinski definition) is 1. The molecule has 0 amide bonds. The molecule has 0 saturated carbocycles. The lowest BCUT2D eigenvalue weighted by molar-refractivity contribution is 1.18. The highest BCUT2D eigenvalue weighted by atomic mass is 32.1. The Hall–Kier alpha value is -8.30. The quantitative estimate of drug-likeness (QED) is 0.152. The minimum absolute atomic E-state index is 1.17. The van der Waals surface area contributed by atoms with Crippen molar-refractivity contribution in [3.8, 4) is 50.2 Å². The van der Waals surface area contributed by atoms with E-state index in [-0.39, 0.29) is 0 Å². The molecule has 0 N–H and O–H groups in total. The molecular weight excluding hydrogens is 815 g/mol. The Balaban J connectivity index is 1.02. The Bertz CT molecular complexity index is 4160. The topological polar surface area (TPSA) is 4.93 Å². The van der Waals surface area contributed by atoms with Gasteiger partial charge in [0.1, 0.15) is 0 Å². The molecule has 0 unspecified atom stereocenters.